The van der Waals surface area contributed by atoms with Crippen molar-refractivity contribution in [2.24, 2.45) is 0 Å². The second-order valence-electron chi connectivity index (χ2n) is 6.62. The normalized spacial score (nSPS) is 13.6. The summed E-state index contributed by atoms with van der Waals surface area (Å²) in [6.45, 7) is 1.85. The molecule has 0 saturated carbocycles. The summed E-state index contributed by atoms with van der Waals surface area (Å²) in [6.07, 6.45) is 5.83. The Morgan fingerprint density at radius 3 is 2.26 bits per heavy atom. The first kappa shape index (κ1) is 24.4. The number of nitrogens with zero attached hydrogens (tertiary/aromatic N) is 3. The standard InChI is InChI=1S/C16H17Cl2N3O2.C4H4O4/c1-20-6-4-12-13(5-7-20)15(18)3-2-14(12)16(22)23-10-21-9-11(17)8-19-21;5-3(6)1-2-4(7)8/h2-3,8-9H,4-7,10H2,1H3;1-2H,(H,5,6)(H,7,8)/b;2-1-. The molecule has 166 valence electrons. The molecule has 0 unspecified atom stereocenters. The fourth-order valence-electron chi connectivity index (χ4n) is 2.88. The van der Waals surface area contributed by atoms with E-state index in [1.54, 1.807) is 18.3 Å². The van der Waals surface area contributed by atoms with E-state index in [-0.39, 0.29) is 12.7 Å². The van der Waals surface area contributed by atoms with E-state index in [9.17, 15) is 14.4 Å². The predicted molar refractivity (Wildman–Crippen MR) is 113 cm³/mol. The molecule has 3 rings (SSSR count). The molecule has 1 aliphatic heterocycles. The SMILES string of the molecule is CN1CCc2c(Cl)ccc(C(=O)OCn3cc(Cl)cn3)c2CC1.O=C(O)/C=C\C(=O)O. The van der Waals surface area contributed by atoms with Gasteiger partial charge in [0.1, 0.15) is 0 Å². The van der Waals surface area contributed by atoms with Gasteiger partial charge in [-0.05, 0) is 43.1 Å². The molecule has 9 nitrogen and oxygen atoms in total. The van der Waals surface area contributed by atoms with E-state index in [2.05, 4.69) is 17.0 Å². The van der Waals surface area contributed by atoms with Crippen molar-refractivity contribution in [3.05, 3.63) is 63.4 Å². The highest BCUT2D eigenvalue weighted by molar-refractivity contribution is 6.31. The Balaban J connectivity index is 0.000000366. The Labute approximate surface area is 188 Å². The second-order valence-corrected chi connectivity index (χ2v) is 7.47. The monoisotopic (exact) mass is 469 g/mol. The molecule has 2 aromatic rings. The highest BCUT2D eigenvalue weighted by atomic mass is 35.5. The molecule has 0 saturated heterocycles. The van der Waals surface area contributed by atoms with Gasteiger partial charge in [0.25, 0.3) is 0 Å². The van der Waals surface area contributed by atoms with Crippen LogP contribution in [0, 0.1) is 0 Å². The minimum absolute atomic E-state index is 0.0306. The maximum atomic E-state index is 12.4. The van der Waals surface area contributed by atoms with Gasteiger partial charge in [-0.3, -0.25) is 0 Å². The van der Waals surface area contributed by atoms with Crippen LogP contribution in [0.1, 0.15) is 21.5 Å². The minimum Gasteiger partial charge on any atom is -0.478 e. The van der Waals surface area contributed by atoms with E-state index >= 15 is 0 Å². The lowest BCUT2D eigenvalue weighted by Crippen LogP contribution is -2.21. The zero-order chi connectivity index (χ0) is 23.0. The molecule has 0 spiro atoms. The number of hydrogen-bond acceptors (Lipinski definition) is 6. The van der Waals surface area contributed by atoms with Crippen molar-refractivity contribution in [1.82, 2.24) is 14.7 Å². The number of likely N-dealkylation sites (N-methyl/N-ethyl adjacent to an activating group) is 1. The van der Waals surface area contributed by atoms with Crippen LogP contribution >= 0.6 is 23.2 Å². The van der Waals surface area contributed by atoms with E-state index in [1.165, 1.54) is 10.9 Å². The number of carboxylic acid groups (broad SMARTS) is 2. The molecule has 11 heteroatoms. The summed E-state index contributed by atoms with van der Waals surface area (Å²) in [4.78, 5) is 33.8. The number of fused-ring (bicyclic) bond motifs is 1. The third-order valence-electron chi connectivity index (χ3n) is 4.38. The largest absolute Gasteiger partial charge is 0.478 e. The van der Waals surface area contributed by atoms with Crippen LogP contribution in [0.2, 0.25) is 10.0 Å². The number of rotatable bonds is 5. The van der Waals surface area contributed by atoms with Crippen LogP contribution in [0.4, 0.5) is 0 Å². The molecular formula is C20H21Cl2N3O6. The van der Waals surface area contributed by atoms with Crippen molar-refractivity contribution in [3.8, 4) is 0 Å². The highest BCUT2D eigenvalue weighted by Gasteiger charge is 2.21. The van der Waals surface area contributed by atoms with Crippen LogP contribution in [-0.2, 0) is 33.9 Å². The van der Waals surface area contributed by atoms with Crippen molar-refractivity contribution >= 4 is 41.1 Å². The summed E-state index contributed by atoms with van der Waals surface area (Å²) >= 11 is 12.1. The Hall–Kier alpha value is -2.88. The van der Waals surface area contributed by atoms with Crippen molar-refractivity contribution in [2.75, 3.05) is 20.1 Å². The van der Waals surface area contributed by atoms with E-state index in [0.717, 1.165) is 37.1 Å². The highest BCUT2D eigenvalue weighted by Crippen LogP contribution is 2.27. The molecule has 0 bridgehead atoms. The quantitative estimate of drug-likeness (QED) is 0.506. The van der Waals surface area contributed by atoms with Gasteiger partial charge in [-0.1, -0.05) is 23.2 Å². The van der Waals surface area contributed by atoms with Gasteiger partial charge < -0.3 is 19.8 Å². The first-order chi connectivity index (χ1) is 14.7. The Kier molecular flexibility index (Phi) is 9.04. The van der Waals surface area contributed by atoms with Gasteiger partial charge in [0.2, 0.25) is 0 Å². The summed E-state index contributed by atoms with van der Waals surface area (Å²) in [6, 6.07) is 3.51. The molecule has 0 amide bonds. The number of ether oxygens (including phenoxy) is 1. The van der Waals surface area contributed by atoms with Crippen LogP contribution in [0.3, 0.4) is 0 Å². The zero-order valence-corrected chi connectivity index (χ0v) is 18.1. The number of benzene rings is 1. The van der Waals surface area contributed by atoms with Crippen LogP contribution in [0.25, 0.3) is 0 Å². The number of halogens is 2. The summed E-state index contributed by atoms with van der Waals surface area (Å²) < 4.78 is 6.82. The van der Waals surface area contributed by atoms with Gasteiger partial charge in [-0.25, -0.2) is 19.1 Å². The predicted octanol–water partition coefficient (Wildman–Crippen LogP) is 2.75. The van der Waals surface area contributed by atoms with Crippen LogP contribution in [0.5, 0.6) is 0 Å². The summed E-state index contributed by atoms with van der Waals surface area (Å²) in [7, 11) is 2.07. The number of hydrogen-bond donors (Lipinski definition) is 2. The van der Waals surface area contributed by atoms with Crippen LogP contribution in [-0.4, -0.2) is 62.9 Å². The first-order valence-electron chi connectivity index (χ1n) is 9.15. The van der Waals surface area contributed by atoms with Crippen molar-refractivity contribution in [1.29, 1.82) is 0 Å². The summed E-state index contributed by atoms with van der Waals surface area (Å²) in [5.74, 6) is -2.88. The first-order valence-corrected chi connectivity index (χ1v) is 9.90. The smallest absolute Gasteiger partial charge is 0.340 e. The van der Waals surface area contributed by atoms with Gasteiger partial charge >= 0.3 is 17.9 Å². The van der Waals surface area contributed by atoms with Crippen molar-refractivity contribution in [3.63, 3.8) is 0 Å². The van der Waals surface area contributed by atoms with E-state index in [0.29, 0.717) is 27.8 Å². The van der Waals surface area contributed by atoms with Gasteiger partial charge in [0.05, 0.1) is 16.8 Å². The van der Waals surface area contributed by atoms with Crippen molar-refractivity contribution in [2.45, 2.75) is 19.6 Å². The maximum Gasteiger partial charge on any atom is 0.340 e. The van der Waals surface area contributed by atoms with Crippen LogP contribution in [0.15, 0.2) is 36.7 Å². The minimum atomic E-state index is -1.26. The number of carbonyl (C=O) groups excluding carboxylic acids is 1. The molecule has 0 atom stereocenters. The lowest BCUT2D eigenvalue weighted by molar-refractivity contribution is -0.134. The van der Waals surface area contributed by atoms with Crippen molar-refractivity contribution < 1.29 is 29.3 Å². The number of carboxylic acids is 2. The van der Waals surface area contributed by atoms with Gasteiger partial charge in [-0.2, -0.15) is 5.10 Å². The molecule has 2 N–H and O–H groups in total. The van der Waals surface area contributed by atoms with Gasteiger partial charge in [-0.15, -0.1) is 0 Å². The molecule has 1 aromatic heterocycles. The van der Waals surface area contributed by atoms with E-state index in [1.807, 2.05) is 0 Å². The third-order valence-corrected chi connectivity index (χ3v) is 4.93. The lowest BCUT2D eigenvalue weighted by Gasteiger charge is -2.13. The average Bonchev–Trinajstić information content (AvgIpc) is 3.03. The second kappa shape index (κ2) is 11.5. The Morgan fingerprint density at radius 2 is 1.71 bits per heavy atom. The molecule has 31 heavy (non-hydrogen) atoms. The molecule has 2 heterocycles. The molecule has 0 fully saturated rings. The molecule has 0 radical (unpaired) electrons. The summed E-state index contributed by atoms with van der Waals surface area (Å²) in [5.41, 5.74) is 2.62. The van der Waals surface area contributed by atoms with Gasteiger partial charge in [0, 0.05) is 36.5 Å². The molecule has 1 aliphatic rings. The molecule has 1 aromatic carbocycles. The number of esters is 1. The summed E-state index contributed by atoms with van der Waals surface area (Å²) in [5, 5.41) is 20.8. The van der Waals surface area contributed by atoms with Crippen LogP contribution < -0.4 is 0 Å². The Morgan fingerprint density at radius 1 is 1.10 bits per heavy atom. The maximum absolute atomic E-state index is 12.4. The average molecular weight is 470 g/mol. The number of carbonyl (C=O) groups is 3. The fourth-order valence-corrected chi connectivity index (χ4v) is 3.31. The topological polar surface area (TPSA) is 122 Å². The number of aliphatic carboxylic acids is 2. The molecule has 0 aliphatic carbocycles. The Bertz CT molecular complexity index is 973. The van der Waals surface area contributed by atoms with Gasteiger partial charge in [0.15, 0.2) is 6.73 Å². The van der Waals surface area contributed by atoms with E-state index < -0.39 is 11.9 Å². The fraction of sp³-hybridized carbons (Fsp3) is 0.300. The zero-order valence-electron chi connectivity index (χ0n) is 16.6. The third kappa shape index (κ3) is 7.71. The molecular weight excluding hydrogens is 449 g/mol. The number of aromatic nitrogens is 2. The van der Waals surface area contributed by atoms with E-state index in [4.69, 9.17) is 38.2 Å². The lowest BCUT2D eigenvalue weighted by atomic mass is 9.97.